The first kappa shape index (κ1) is 54.1. The van der Waals surface area contributed by atoms with Crippen LogP contribution in [0.25, 0.3) is 34.4 Å². The molecule has 1 aromatic heterocycles. The van der Waals surface area contributed by atoms with E-state index in [1.54, 1.807) is 0 Å². The van der Waals surface area contributed by atoms with Crippen molar-refractivity contribution in [3.63, 3.8) is 0 Å². The molecular weight excluding hydrogens is 997 g/mol. The maximum absolute atomic E-state index is 14.5. The van der Waals surface area contributed by atoms with Gasteiger partial charge in [0.1, 0.15) is 114 Å². The number of fused-ring (bicyclic) bond motifs is 1. The van der Waals surface area contributed by atoms with Gasteiger partial charge in [0, 0.05) is 29.8 Å². The fourth-order valence-corrected chi connectivity index (χ4v) is 8.24. The molecule has 75 heavy (non-hydrogen) atoms. The molecule has 0 amide bonds. The summed E-state index contributed by atoms with van der Waals surface area (Å²) < 4.78 is 52.9. The minimum absolute atomic E-state index is 0.0135. The van der Waals surface area contributed by atoms with Crippen molar-refractivity contribution in [1.29, 1.82) is 0 Å². The highest BCUT2D eigenvalue weighted by Crippen LogP contribution is 2.40. The first-order valence-electron chi connectivity index (χ1n) is 23.1. The van der Waals surface area contributed by atoms with E-state index in [0.29, 0.717) is 11.1 Å². The number of rotatable bonds is 15. The number of phenolic OH excluding ortho intramolecular Hbond substituents is 5. The number of phenols is 5. The largest absolute Gasteiger partial charge is 0.508 e. The highest BCUT2D eigenvalue weighted by molar-refractivity contribution is 5.89. The molecule has 3 aliphatic heterocycles. The summed E-state index contributed by atoms with van der Waals surface area (Å²) >= 11 is 0. The number of ether oxygens (including phenoxy) is 8. The predicted octanol–water partition coefficient (Wildman–Crippen LogP) is 0.371. The molecule has 15 atom stereocenters. The second kappa shape index (κ2) is 23.2. The maximum Gasteiger partial charge on any atom is 0.330 e. The van der Waals surface area contributed by atoms with Gasteiger partial charge in [0.15, 0.2) is 24.4 Å². The Balaban J connectivity index is 1.11. The fraction of sp³-hybridized carbons (Fsp3) is 0.353. The molecule has 0 bridgehead atoms. The van der Waals surface area contributed by atoms with Crippen LogP contribution in [0.1, 0.15) is 18.1 Å². The number of aliphatic hydroxyl groups excluding tert-OH is 7. The van der Waals surface area contributed by atoms with Gasteiger partial charge in [0.05, 0.1) is 6.10 Å². The van der Waals surface area contributed by atoms with E-state index in [2.05, 4.69) is 0 Å². The Morgan fingerprint density at radius 2 is 1.01 bits per heavy atom. The van der Waals surface area contributed by atoms with Crippen LogP contribution in [0.3, 0.4) is 0 Å². The van der Waals surface area contributed by atoms with Crippen LogP contribution in [0.5, 0.6) is 34.5 Å². The number of esters is 2. The van der Waals surface area contributed by atoms with Crippen molar-refractivity contribution in [2.45, 2.75) is 99.0 Å². The van der Waals surface area contributed by atoms with Gasteiger partial charge in [-0.25, -0.2) is 9.59 Å². The average Bonchev–Trinajstić information content (AvgIpc) is 3.38. The normalized spacial score (nSPS) is 30.1. The lowest BCUT2D eigenvalue weighted by Crippen LogP contribution is -2.67. The Morgan fingerprint density at radius 3 is 1.51 bits per heavy atom. The molecule has 3 fully saturated rings. The maximum atomic E-state index is 14.5. The minimum Gasteiger partial charge on any atom is -0.508 e. The third-order valence-electron chi connectivity index (χ3n) is 12.3. The van der Waals surface area contributed by atoms with Gasteiger partial charge >= 0.3 is 11.9 Å². The Morgan fingerprint density at radius 1 is 0.547 bits per heavy atom. The van der Waals surface area contributed by atoms with Gasteiger partial charge in [0.25, 0.3) is 0 Å². The molecule has 0 saturated carbocycles. The fourth-order valence-electron chi connectivity index (χ4n) is 8.24. The van der Waals surface area contributed by atoms with Gasteiger partial charge in [0.2, 0.25) is 17.5 Å². The van der Waals surface area contributed by atoms with Gasteiger partial charge in [-0.05, 0) is 78.7 Å². The van der Waals surface area contributed by atoms with E-state index in [1.807, 2.05) is 0 Å². The second-order valence-electron chi connectivity index (χ2n) is 17.6. The van der Waals surface area contributed by atoms with Gasteiger partial charge in [-0.3, -0.25) is 4.79 Å². The summed E-state index contributed by atoms with van der Waals surface area (Å²) in [4.78, 5) is 39.9. The SMILES string of the molecule is C[C@@H]1O[C@@H](Oc2c(-c3ccc(O)cc3)oc3cc(O)cc(O)c3c2=O)[C@H](O[C@@H]2O[C@H](COC(=O)/C=C/c3ccc(O)cc3)[C@@H](O)[C@H](O)[C@H]2O)[C@H](O[C@@H]2O[C@H](COC(=O)/C=C/c3ccc(O)cc3)[C@@H](O)[C@H](O)[C@H]2O)[C@H]1O. The quantitative estimate of drug-likeness (QED) is 0.0498. The molecule has 8 rings (SSSR count). The molecule has 5 aromatic rings. The Labute approximate surface area is 423 Å². The summed E-state index contributed by atoms with van der Waals surface area (Å²) in [5, 5.41) is 128. The zero-order chi connectivity index (χ0) is 53.8. The topological polar surface area (TPSA) is 381 Å². The molecular formula is C51H52O24. The van der Waals surface area contributed by atoms with Crippen LogP contribution >= 0.6 is 0 Å². The van der Waals surface area contributed by atoms with Crippen LogP contribution < -0.4 is 10.2 Å². The van der Waals surface area contributed by atoms with Gasteiger partial charge in [-0.15, -0.1) is 0 Å². The summed E-state index contributed by atoms with van der Waals surface area (Å²) in [7, 11) is 0. The van der Waals surface area contributed by atoms with Crippen molar-refractivity contribution in [3.8, 4) is 45.8 Å². The summed E-state index contributed by atoms with van der Waals surface area (Å²) in [5.41, 5.74) is -0.322. The molecule has 400 valence electrons. The van der Waals surface area contributed by atoms with E-state index < -0.39 is 145 Å². The van der Waals surface area contributed by atoms with Crippen LogP contribution in [0, 0.1) is 0 Å². The molecule has 0 unspecified atom stereocenters. The predicted molar refractivity (Wildman–Crippen MR) is 253 cm³/mol. The molecule has 0 aliphatic carbocycles. The monoisotopic (exact) mass is 1050 g/mol. The van der Waals surface area contributed by atoms with Gasteiger partial charge < -0.3 is 104 Å². The zero-order valence-electron chi connectivity index (χ0n) is 39.2. The number of aromatic hydroxyl groups is 5. The van der Waals surface area contributed by atoms with Crippen molar-refractivity contribution < 1.29 is 113 Å². The number of carbonyl (C=O) groups is 2. The molecule has 24 nitrogen and oxygen atoms in total. The van der Waals surface area contributed by atoms with E-state index in [-0.39, 0.29) is 34.2 Å². The second-order valence-corrected chi connectivity index (χ2v) is 17.6. The molecule has 3 saturated heterocycles. The first-order chi connectivity index (χ1) is 35.8. The Hall–Kier alpha value is -7.17. The lowest BCUT2D eigenvalue weighted by Gasteiger charge is -2.48. The highest BCUT2D eigenvalue weighted by atomic mass is 16.8. The third-order valence-corrected chi connectivity index (χ3v) is 12.3. The molecule has 0 radical (unpaired) electrons. The van der Waals surface area contributed by atoms with Crippen molar-refractivity contribution >= 4 is 35.1 Å². The number of hydrogen-bond donors (Lipinski definition) is 12. The summed E-state index contributed by atoms with van der Waals surface area (Å²) in [6.45, 7) is -0.202. The summed E-state index contributed by atoms with van der Waals surface area (Å²) in [6.07, 6.45) is -24.3. The van der Waals surface area contributed by atoms with Crippen LogP contribution in [0.15, 0.2) is 106 Å². The lowest BCUT2D eigenvalue weighted by molar-refractivity contribution is -0.382. The van der Waals surface area contributed by atoms with E-state index in [9.17, 15) is 75.7 Å². The first-order valence-corrected chi connectivity index (χ1v) is 23.1. The van der Waals surface area contributed by atoms with Crippen LogP contribution in [0.2, 0.25) is 0 Å². The van der Waals surface area contributed by atoms with Crippen molar-refractivity contribution in [3.05, 3.63) is 118 Å². The number of aliphatic hydroxyl groups is 7. The highest BCUT2D eigenvalue weighted by Gasteiger charge is 2.55. The molecule has 4 aromatic carbocycles. The number of hydrogen-bond acceptors (Lipinski definition) is 24. The van der Waals surface area contributed by atoms with E-state index in [1.165, 1.54) is 91.9 Å². The standard InChI is InChI=1S/C51H52O24/c1-22-37(59)46(73-49-43(65)41(63)38(60)32(71-49)20-67-34(57)16-6-23-2-10-26(52)11-3-23)48(75-50-44(66)42(64)39(61)33(72-50)21-68-35(58)17-7-24-4-12-27(53)13-5-24)51(69-22)74-47-40(62)36-30(56)18-29(55)19-31(36)70-45(47)25-8-14-28(54)15-9-25/h2-19,22,32-33,37-39,41-44,46,48-56,59-61,63-66H,20-21H2,1H3/b16-6+,17-7+/t22-,32+,33+,37-,38+,39+,41-,42-,43+,44+,46+,48+,49-,50-,51-/m0/s1. The van der Waals surface area contributed by atoms with Crippen LogP contribution in [0.4, 0.5) is 0 Å². The van der Waals surface area contributed by atoms with Crippen molar-refractivity contribution in [2.24, 2.45) is 0 Å². The lowest BCUT2D eigenvalue weighted by atomic mass is 9.96. The Kier molecular flexibility index (Phi) is 16.7. The van der Waals surface area contributed by atoms with Gasteiger partial charge in [-0.2, -0.15) is 0 Å². The van der Waals surface area contributed by atoms with Crippen molar-refractivity contribution in [1.82, 2.24) is 0 Å². The van der Waals surface area contributed by atoms with E-state index in [4.69, 9.17) is 42.3 Å². The van der Waals surface area contributed by atoms with Crippen LogP contribution in [-0.4, -0.2) is 179 Å². The molecule has 24 heteroatoms. The summed E-state index contributed by atoms with van der Waals surface area (Å²) in [5.74, 6) is -4.48. The number of carbonyl (C=O) groups excluding carboxylic acids is 2. The molecule has 0 spiro atoms. The van der Waals surface area contributed by atoms with Gasteiger partial charge in [-0.1, -0.05) is 24.3 Å². The molecule has 12 N–H and O–H groups in total. The molecule has 4 heterocycles. The molecule has 3 aliphatic rings. The minimum atomic E-state index is -2.17. The van der Waals surface area contributed by atoms with Crippen molar-refractivity contribution in [2.75, 3.05) is 13.2 Å². The van der Waals surface area contributed by atoms with Crippen LogP contribution in [-0.2, 0) is 42.7 Å². The van der Waals surface area contributed by atoms with E-state index in [0.717, 1.165) is 24.3 Å². The third kappa shape index (κ3) is 12.3. The number of benzene rings is 4. The smallest absolute Gasteiger partial charge is 0.330 e. The zero-order valence-corrected chi connectivity index (χ0v) is 39.2. The summed E-state index contributed by atoms with van der Waals surface area (Å²) in [6, 6.07) is 18.5. The van der Waals surface area contributed by atoms with E-state index >= 15 is 0 Å². The average molecular weight is 1050 g/mol. The Bertz CT molecular complexity index is 2900.